The monoisotopic (exact) mass is 322 g/mol. The van der Waals surface area contributed by atoms with Crippen molar-refractivity contribution in [3.05, 3.63) is 24.0 Å². The van der Waals surface area contributed by atoms with Crippen molar-refractivity contribution in [3.63, 3.8) is 0 Å². The molecule has 126 valence electrons. The molecule has 0 bridgehead atoms. The van der Waals surface area contributed by atoms with Gasteiger partial charge in [-0.2, -0.15) is 0 Å². The number of hydrogen-bond donors (Lipinski definition) is 2. The Kier molecular flexibility index (Phi) is 5.38. The molecule has 0 unspecified atom stereocenters. The van der Waals surface area contributed by atoms with E-state index in [9.17, 15) is 14.4 Å². The maximum atomic E-state index is 11.8. The number of nitrogens with two attached hydrogens (primary N) is 1. The lowest BCUT2D eigenvalue weighted by molar-refractivity contribution is -0.125. The molecule has 0 aliphatic carbocycles. The summed E-state index contributed by atoms with van der Waals surface area (Å²) in [7, 11) is 1.36. The highest BCUT2D eigenvalue weighted by atomic mass is 16.5. The number of carbonyl (C=O) groups excluding carboxylic acids is 3. The minimum absolute atomic E-state index is 0.182. The van der Waals surface area contributed by atoms with Crippen LogP contribution in [-0.2, 0) is 9.53 Å². The topological polar surface area (TPSA) is 107 Å². The van der Waals surface area contributed by atoms with Crippen LogP contribution < -0.4 is 11.1 Å². The van der Waals surface area contributed by atoms with Crippen LogP contribution in [-0.4, -0.2) is 53.6 Å². The summed E-state index contributed by atoms with van der Waals surface area (Å²) >= 11 is 0. The molecule has 3 amide bonds. The van der Waals surface area contributed by atoms with E-state index < -0.39 is 18.0 Å². The van der Waals surface area contributed by atoms with Gasteiger partial charge in [-0.3, -0.25) is 15.0 Å². The van der Waals surface area contributed by atoms with Crippen LogP contribution in [0.3, 0.4) is 0 Å². The second-order valence-corrected chi connectivity index (χ2v) is 5.59. The first-order chi connectivity index (χ1) is 10.9. The van der Waals surface area contributed by atoms with Crippen molar-refractivity contribution < 1.29 is 19.1 Å². The molecular formula is C15H22N4O4. The minimum Gasteiger partial charge on any atom is -0.464 e. The predicted octanol–water partition coefficient (Wildman–Crippen LogP) is 0.495. The number of ether oxygens (including phenoxy) is 1. The predicted molar refractivity (Wildman–Crippen MR) is 82.8 cm³/mol. The van der Waals surface area contributed by atoms with Gasteiger partial charge < -0.3 is 15.0 Å². The van der Waals surface area contributed by atoms with Crippen LogP contribution in [0.15, 0.2) is 18.3 Å². The lowest BCUT2D eigenvalue weighted by atomic mass is 10.0. The van der Waals surface area contributed by atoms with E-state index in [-0.39, 0.29) is 12.0 Å². The highest BCUT2D eigenvalue weighted by Gasteiger charge is 2.29. The van der Waals surface area contributed by atoms with Gasteiger partial charge in [-0.1, -0.05) is 0 Å². The van der Waals surface area contributed by atoms with Crippen molar-refractivity contribution in [2.24, 2.45) is 5.73 Å². The molecule has 1 fully saturated rings. The van der Waals surface area contributed by atoms with Crippen molar-refractivity contribution in [3.8, 4) is 0 Å². The molecule has 1 aromatic heterocycles. The molecule has 8 heteroatoms. The third kappa shape index (κ3) is 3.89. The van der Waals surface area contributed by atoms with Crippen LogP contribution in [0.1, 0.15) is 36.3 Å². The zero-order chi connectivity index (χ0) is 17.0. The first kappa shape index (κ1) is 17.0. The lowest BCUT2D eigenvalue weighted by Crippen LogP contribution is -2.50. The molecule has 0 spiro atoms. The quantitative estimate of drug-likeness (QED) is 0.785. The number of primary amides is 1. The second kappa shape index (κ2) is 7.28. The van der Waals surface area contributed by atoms with Gasteiger partial charge in [-0.05, 0) is 31.9 Å². The number of amides is 3. The Morgan fingerprint density at radius 3 is 2.57 bits per heavy atom. The van der Waals surface area contributed by atoms with Crippen molar-refractivity contribution >= 4 is 17.9 Å². The van der Waals surface area contributed by atoms with Gasteiger partial charge in [0.25, 0.3) is 0 Å². The van der Waals surface area contributed by atoms with Crippen LogP contribution in [0, 0.1) is 0 Å². The molecule has 0 aromatic carbocycles. The third-order valence-electron chi connectivity index (χ3n) is 4.24. The normalized spacial score (nSPS) is 17.5. The molecule has 1 aliphatic heterocycles. The zero-order valence-corrected chi connectivity index (χ0v) is 13.3. The van der Waals surface area contributed by atoms with Gasteiger partial charge in [0.1, 0.15) is 5.69 Å². The third-order valence-corrected chi connectivity index (χ3v) is 4.24. The maximum absolute atomic E-state index is 11.8. The summed E-state index contributed by atoms with van der Waals surface area (Å²) in [5, 5.41) is 2.10. The number of nitrogens with one attached hydrogen (secondary N) is 1. The number of urea groups is 1. The molecule has 1 aromatic rings. The average Bonchev–Trinajstić information content (AvgIpc) is 3.02. The SMILES string of the molecule is COC(=O)c1cccn1C1CCN([C@@H](C)C(=O)NC(N)=O)CC1. The Morgan fingerprint density at radius 1 is 1.35 bits per heavy atom. The van der Waals surface area contributed by atoms with Crippen molar-refractivity contribution in [2.75, 3.05) is 20.2 Å². The summed E-state index contributed by atoms with van der Waals surface area (Å²) in [4.78, 5) is 36.3. The van der Waals surface area contributed by atoms with E-state index in [4.69, 9.17) is 10.5 Å². The fourth-order valence-electron chi connectivity index (χ4n) is 2.93. The molecule has 2 rings (SSSR count). The molecule has 1 saturated heterocycles. The van der Waals surface area contributed by atoms with Crippen molar-refractivity contribution in [1.82, 2.24) is 14.8 Å². The van der Waals surface area contributed by atoms with Crippen molar-refractivity contribution in [1.29, 1.82) is 0 Å². The van der Waals surface area contributed by atoms with E-state index in [1.807, 2.05) is 21.7 Å². The molecule has 1 aliphatic rings. The fraction of sp³-hybridized carbons (Fsp3) is 0.533. The molecule has 1 atom stereocenters. The van der Waals surface area contributed by atoms with Gasteiger partial charge in [0, 0.05) is 25.3 Å². The van der Waals surface area contributed by atoms with E-state index in [0.717, 1.165) is 12.8 Å². The summed E-state index contributed by atoms with van der Waals surface area (Å²) < 4.78 is 6.71. The van der Waals surface area contributed by atoms with Gasteiger partial charge in [0.2, 0.25) is 5.91 Å². The lowest BCUT2D eigenvalue weighted by Gasteiger charge is -2.36. The Hall–Kier alpha value is -2.35. The number of esters is 1. The minimum atomic E-state index is -0.841. The Labute approximate surface area is 134 Å². The molecule has 0 saturated carbocycles. The molecular weight excluding hydrogens is 300 g/mol. The van der Waals surface area contributed by atoms with Gasteiger partial charge in [-0.25, -0.2) is 9.59 Å². The van der Waals surface area contributed by atoms with E-state index in [0.29, 0.717) is 18.8 Å². The molecule has 0 radical (unpaired) electrons. The first-order valence-electron chi connectivity index (χ1n) is 7.53. The Balaban J connectivity index is 1.96. The van der Waals surface area contributed by atoms with Crippen LogP contribution in [0.4, 0.5) is 4.79 Å². The standard InChI is InChI=1S/C15H22N4O4/c1-10(13(20)17-15(16)22)18-8-5-11(6-9-18)19-7-3-4-12(19)14(21)23-2/h3-4,7,10-11H,5-6,8-9H2,1-2H3,(H3,16,17,20,22)/t10-/m0/s1. The van der Waals surface area contributed by atoms with E-state index in [1.54, 1.807) is 13.0 Å². The number of methoxy groups -OCH3 is 1. The fourth-order valence-corrected chi connectivity index (χ4v) is 2.93. The van der Waals surface area contributed by atoms with Gasteiger partial charge >= 0.3 is 12.0 Å². The summed E-state index contributed by atoms with van der Waals surface area (Å²) in [5.41, 5.74) is 5.50. The van der Waals surface area contributed by atoms with Crippen molar-refractivity contribution in [2.45, 2.75) is 31.8 Å². The highest BCUT2D eigenvalue weighted by Crippen LogP contribution is 2.25. The van der Waals surface area contributed by atoms with Crippen LogP contribution in [0.25, 0.3) is 0 Å². The summed E-state index contributed by atoms with van der Waals surface area (Å²) in [6, 6.07) is 2.48. The molecule has 2 heterocycles. The van der Waals surface area contributed by atoms with Gasteiger partial charge in [0.05, 0.1) is 13.2 Å². The number of nitrogens with zero attached hydrogens (tertiary/aromatic N) is 2. The van der Waals surface area contributed by atoms with Gasteiger partial charge in [-0.15, -0.1) is 0 Å². The number of hydrogen-bond acceptors (Lipinski definition) is 5. The Morgan fingerprint density at radius 2 is 2.00 bits per heavy atom. The van der Waals surface area contributed by atoms with Crippen LogP contribution in [0.5, 0.6) is 0 Å². The smallest absolute Gasteiger partial charge is 0.354 e. The zero-order valence-electron chi connectivity index (χ0n) is 13.3. The highest BCUT2D eigenvalue weighted by molar-refractivity contribution is 5.96. The first-order valence-corrected chi connectivity index (χ1v) is 7.53. The summed E-state index contributed by atoms with van der Waals surface area (Å²) in [6.07, 6.45) is 3.47. The van der Waals surface area contributed by atoms with Crippen LogP contribution >= 0.6 is 0 Å². The number of likely N-dealkylation sites (tertiary alicyclic amines) is 1. The largest absolute Gasteiger partial charge is 0.464 e. The number of carbonyl (C=O) groups is 3. The summed E-state index contributed by atoms with van der Waals surface area (Å²) in [5.74, 6) is -0.751. The average molecular weight is 322 g/mol. The van der Waals surface area contributed by atoms with E-state index in [1.165, 1.54) is 7.11 Å². The molecule has 3 N–H and O–H groups in total. The summed E-state index contributed by atoms with van der Waals surface area (Å²) in [6.45, 7) is 3.13. The molecule has 8 nitrogen and oxygen atoms in total. The number of aromatic nitrogens is 1. The Bertz CT molecular complexity index is 590. The maximum Gasteiger partial charge on any atom is 0.354 e. The molecule has 23 heavy (non-hydrogen) atoms. The van der Waals surface area contributed by atoms with E-state index >= 15 is 0 Å². The number of piperidine rings is 1. The number of imide groups is 1. The number of rotatable bonds is 4. The van der Waals surface area contributed by atoms with Crippen LogP contribution in [0.2, 0.25) is 0 Å². The van der Waals surface area contributed by atoms with Gasteiger partial charge in [0.15, 0.2) is 0 Å². The van der Waals surface area contributed by atoms with E-state index in [2.05, 4.69) is 5.32 Å². The second-order valence-electron chi connectivity index (χ2n) is 5.59.